The van der Waals surface area contributed by atoms with E-state index in [-0.39, 0.29) is 36.1 Å². The maximum Gasteiger partial charge on any atom is 0.211 e. The van der Waals surface area contributed by atoms with Crippen molar-refractivity contribution in [2.45, 2.75) is 19.4 Å². The Balaban J connectivity index is 0.00000338. The van der Waals surface area contributed by atoms with Crippen LogP contribution in [0.4, 0.5) is 8.78 Å². The molecule has 0 spiro atoms. The van der Waals surface area contributed by atoms with Crippen LogP contribution in [0, 0.1) is 17.6 Å². The van der Waals surface area contributed by atoms with E-state index in [1.165, 1.54) is 10.6 Å². The summed E-state index contributed by atoms with van der Waals surface area (Å²) in [6.45, 7) is 1.80. The Labute approximate surface area is 170 Å². The molecular weight excluding hydrogens is 477 g/mol. The molecular formula is C16H25F2IN4O2S. The third-order valence-corrected chi connectivity index (χ3v) is 5.58. The summed E-state index contributed by atoms with van der Waals surface area (Å²) in [6.07, 6.45) is 2.77. The molecule has 26 heavy (non-hydrogen) atoms. The lowest BCUT2D eigenvalue weighted by molar-refractivity contribution is 0.275. The van der Waals surface area contributed by atoms with Crippen molar-refractivity contribution in [1.82, 2.24) is 14.9 Å². The van der Waals surface area contributed by atoms with Crippen molar-refractivity contribution >= 4 is 40.0 Å². The Bertz CT molecular complexity index is 723. The lowest BCUT2D eigenvalue weighted by atomic mass is 9.98. The van der Waals surface area contributed by atoms with Crippen LogP contribution in [0.15, 0.2) is 23.2 Å². The van der Waals surface area contributed by atoms with E-state index < -0.39 is 21.7 Å². The van der Waals surface area contributed by atoms with Crippen LogP contribution >= 0.6 is 24.0 Å². The zero-order chi connectivity index (χ0) is 18.4. The molecule has 6 nitrogen and oxygen atoms in total. The van der Waals surface area contributed by atoms with Crippen LogP contribution in [0.1, 0.15) is 18.4 Å². The summed E-state index contributed by atoms with van der Waals surface area (Å²) in [5.41, 5.74) is 0.226. The van der Waals surface area contributed by atoms with Crippen LogP contribution in [-0.4, -0.2) is 51.6 Å². The zero-order valence-electron chi connectivity index (χ0n) is 14.8. The van der Waals surface area contributed by atoms with Gasteiger partial charge in [-0.2, -0.15) is 0 Å². The molecule has 1 aromatic rings. The Hall–Kier alpha value is -1.01. The SMILES string of the molecule is CN=C(NCc1cc(F)ccc1F)NCC1CCN(S(C)(=O)=O)CC1.I. The summed E-state index contributed by atoms with van der Waals surface area (Å²) in [6, 6.07) is 3.32. The monoisotopic (exact) mass is 502 g/mol. The molecule has 0 saturated carbocycles. The summed E-state index contributed by atoms with van der Waals surface area (Å²) < 4.78 is 51.3. The number of benzene rings is 1. The molecule has 0 bridgehead atoms. The maximum absolute atomic E-state index is 13.6. The molecule has 0 atom stereocenters. The third kappa shape index (κ3) is 6.95. The number of hydrogen-bond donors (Lipinski definition) is 2. The van der Waals surface area contributed by atoms with Gasteiger partial charge in [-0.3, -0.25) is 4.99 Å². The summed E-state index contributed by atoms with van der Waals surface area (Å²) in [5.74, 6) is -0.132. The Morgan fingerprint density at radius 2 is 1.92 bits per heavy atom. The van der Waals surface area contributed by atoms with Crippen LogP contribution < -0.4 is 10.6 Å². The normalized spacial score (nSPS) is 16.8. The first-order valence-electron chi connectivity index (χ1n) is 8.13. The molecule has 1 aromatic carbocycles. The first-order valence-corrected chi connectivity index (χ1v) is 9.98. The predicted octanol–water partition coefficient (Wildman–Crippen LogP) is 1.92. The molecule has 2 N–H and O–H groups in total. The van der Waals surface area contributed by atoms with Gasteiger partial charge in [-0.05, 0) is 37.0 Å². The van der Waals surface area contributed by atoms with Crippen molar-refractivity contribution in [3.63, 3.8) is 0 Å². The van der Waals surface area contributed by atoms with Gasteiger partial charge in [0.05, 0.1) is 6.26 Å². The van der Waals surface area contributed by atoms with Gasteiger partial charge in [0.2, 0.25) is 10.0 Å². The first-order chi connectivity index (χ1) is 11.8. The summed E-state index contributed by atoms with van der Waals surface area (Å²) in [4.78, 5) is 4.07. The van der Waals surface area contributed by atoms with Crippen molar-refractivity contribution in [1.29, 1.82) is 0 Å². The molecule has 0 aromatic heterocycles. The van der Waals surface area contributed by atoms with Crippen LogP contribution in [0.3, 0.4) is 0 Å². The molecule has 10 heteroatoms. The van der Waals surface area contributed by atoms with Crippen molar-refractivity contribution < 1.29 is 17.2 Å². The summed E-state index contributed by atoms with van der Waals surface area (Å²) >= 11 is 0. The van der Waals surface area contributed by atoms with Crippen LogP contribution in [0.25, 0.3) is 0 Å². The Kier molecular flexibility index (Phi) is 9.17. The number of rotatable bonds is 5. The van der Waals surface area contributed by atoms with Gasteiger partial charge >= 0.3 is 0 Å². The standard InChI is InChI=1S/C16H24F2N4O2S.HI/c1-19-16(21-11-13-9-14(17)3-4-15(13)18)20-10-12-5-7-22(8-6-12)25(2,23)24;/h3-4,9,12H,5-8,10-11H2,1-2H3,(H2,19,20,21);1H. The maximum atomic E-state index is 13.6. The van der Waals surface area contributed by atoms with E-state index in [2.05, 4.69) is 15.6 Å². The van der Waals surface area contributed by atoms with Gasteiger partial charge in [0.1, 0.15) is 11.6 Å². The smallest absolute Gasteiger partial charge is 0.211 e. The quantitative estimate of drug-likeness (QED) is 0.367. The molecule has 1 aliphatic heterocycles. The first kappa shape index (κ1) is 23.0. The van der Waals surface area contributed by atoms with Gasteiger partial charge in [-0.1, -0.05) is 0 Å². The van der Waals surface area contributed by atoms with Gasteiger partial charge in [0.25, 0.3) is 0 Å². The highest BCUT2D eigenvalue weighted by molar-refractivity contribution is 14.0. The predicted molar refractivity (Wildman–Crippen MR) is 109 cm³/mol. The zero-order valence-corrected chi connectivity index (χ0v) is 18.0. The molecule has 1 fully saturated rings. The minimum absolute atomic E-state index is 0. The number of guanidine groups is 1. The average molecular weight is 502 g/mol. The molecule has 0 radical (unpaired) electrons. The van der Waals surface area contributed by atoms with Gasteiger partial charge in [0.15, 0.2) is 5.96 Å². The lowest BCUT2D eigenvalue weighted by Gasteiger charge is -2.30. The van der Waals surface area contributed by atoms with Gasteiger partial charge in [0, 0.05) is 38.8 Å². The van der Waals surface area contributed by atoms with E-state index in [0.29, 0.717) is 31.5 Å². The number of halogens is 3. The molecule has 0 amide bonds. The lowest BCUT2D eigenvalue weighted by Crippen LogP contribution is -2.43. The fourth-order valence-corrected chi connectivity index (χ4v) is 3.64. The highest BCUT2D eigenvalue weighted by atomic mass is 127. The minimum Gasteiger partial charge on any atom is -0.356 e. The van der Waals surface area contributed by atoms with Crippen molar-refractivity contribution in [2.75, 3.05) is 32.9 Å². The summed E-state index contributed by atoms with van der Waals surface area (Å²) in [5, 5.41) is 6.10. The number of nitrogens with zero attached hydrogens (tertiary/aromatic N) is 2. The number of piperidine rings is 1. The van der Waals surface area contributed by atoms with Crippen LogP contribution in [0.5, 0.6) is 0 Å². The molecule has 0 unspecified atom stereocenters. The summed E-state index contributed by atoms with van der Waals surface area (Å²) in [7, 11) is -1.52. The van der Waals surface area contributed by atoms with Gasteiger partial charge < -0.3 is 10.6 Å². The number of hydrogen-bond acceptors (Lipinski definition) is 3. The average Bonchev–Trinajstić information content (AvgIpc) is 2.57. The number of nitrogens with one attached hydrogen (secondary N) is 2. The van der Waals surface area contributed by atoms with E-state index in [0.717, 1.165) is 31.0 Å². The molecule has 1 saturated heterocycles. The van der Waals surface area contributed by atoms with E-state index in [1.807, 2.05) is 0 Å². The fraction of sp³-hybridized carbons (Fsp3) is 0.562. The second kappa shape index (κ2) is 10.4. The molecule has 1 heterocycles. The van der Waals surface area contributed by atoms with E-state index in [4.69, 9.17) is 0 Å². The third-order valence-electron chi connectivity index (χ3n) is 4.28. The van der Waals surface area contributed by atoms with Gasteiger partial charge in [-0.15, -0.1) is 24.0 Å². The van der Waals surface area contributed by atoms with E-state index in [1.54, 1.807) is 7.05 Å². The molecule has 1 aliphatic rings. The minimum atomic E-state index is -3.12. The van der Waals surface area contributed by atoms with Gasteiger partial charge in [-0.25, -0.2) is 21.5 Å². The number of sulfonamides is 1. The number of aliphatic imine (C=N–C) groups is 1. The van der Waals surface area contributed by atoms with Crippen LogP contribution in [0.2, 0.25) is 0 Å². The molecule has 2 rings (SSSR count). The fourth-order valence-electron chi connectivity index (χ4n) is 2.76. The van der Waals surface area contributed by atoms with E-state index in [9.17, 15) is 17.2 Å². The van der Waals surface area contributed by atoms with Crippen molar-refractivity contribution in [3.05, 3.63) is 35.4 Å². The Morgan fingerprint density at radius 1 is 1.27 bits per heavy atom. The largest absolute Gasteiger partial charge is 0.356 e. The topological polar surface area (TPSA) is 73.8 Å². The molecule has 148 valence electrons. The Morgan fingerprint density at radius 3 is 2.50 bits per heavy atom. The second-order valence-corrected chi connectivity index (χ2v) is 8.13. The van der Waals surface area contributed by atoms with Crippen LogP contribution in [-0.2, 0) is 16.6 Å². The van der Waals surface area contributed by atoms with Crippen molar-refractivity contribution in [2.24, 2.45) is 10.9 Å². The molecule has 0 aliphatic carbocycles. The highest BCUT2D eigenvalue weighted by Crippen LogP contribution is 2.18. The highest BCUT2D eigenvalue weighted by Gasteiger charge is 2.24. The second-order valence-electron chi connectivity index (χ2n) is 6.15. The van der Waals surface area contributed by atoms with E-state index >= 15 is 0 Å². The van der Waals surface area contributed by atoms with Crippen molar-refractivity contribution in [3.8, 4) is 0 Å².